The van der Waals surface area contributed by atoms with Crippen molar-refractivity contribution in [1.29, 1.82) is 0 Å². The van der Waals surface area contributed by atoms with Crippen LogP contribution in [-0.2, 0) is 5.60 Å². The molecule has 0 radical (unpaired) electrons. The molecule has 2 bridgehead atoms. The van der Waals surface area contributed by atoms with Crippen LogP contribution in [0.25, 0.3) is 0 Å². The van der Waals surface area contributed by atoms with Gasteiger partial charge in [-0.05, 0) is 54.4 Å². The summed E-state index contributed by atoms with van der Waals surface area (Å²) < 4.78 is 0. The van der Waals surface area contributed by atoms with E-state index in [2.05, 4.69) is 11.1 Å². The smallest absolute Gasteiger partial charge is 0.153 e. The normalized spacial score (nSPS) is 26.4. The Hall–Kier alpha value is -1.93. The summed E-state index contributed by atoms with van der Waals surface area (Å²) >= 11 is 0. The predicted molar refractivity (Wildman–Crippen MR) is 82.6 cm³/mol. The lowest BCUT2D eigenvalue weighted by atomic mass is 9.77. The summed E-state index contributed by atoms with van der Waals surface area (Å²) in [5.41, 5.74) is 1.73. The third kappa shape index (κ3) is 1.94. The molecule has 0 aliphatic heterocycles. The first-order valence-electron chi connectivity index (χ1n) is 7.70. The fourth-order valence-electron chi connectivity index (χ4n) is 3.97. The zero-order valence-electron chi connectivity index (χ0n) is 11.9. The molecule has 1 fully saturated rings. The van der Waals surface area contributed by atoms with E-state index in [1.807, 2.05) is 48.5 Å². The van der Waals surface area contributed by atoms with Crippen molar-refractivity contribution in [2.24, 2.45) is 11.8 Å². The summed E-state index contributed by atoms with van der Waals surface area (Å²) in [7, 11) is 0. The van der Waals surface area contributed by atoms with Gasteiger partial charge in [0.2, 0.25) is 0 Å². The lowest BCUT2D eigenvalue weighted by molar-refractivity contribution is 0.105. The van der Waals surface area contributed by atoms with Crippen LogP contribution in [-0.4, -0.2) is 10.1 Å². The minimum Gasteiger partial charge on any atom is -0.375 e. The lowest BCUT2D eigenvalue weighted by Gasteiger charge is -2.33. The SMILES string of the molecule is OC(C1=CC2CCC1C2)(c1ccccc1)c1ccccn1. The number of hydrogen-bond donors (Lipinski definition) is 1. The molecule has 2 heteroatoms. The molecule has 3 unspecified atom stereocenters. The minimum atomic E-state index is -1.08. The standard InChI is InChI=1S/C19H19NO/c21-19(16-6-2-1-3-7-16,18-8-4-5-11-20-18)17-13-14-9-10-15(17)12-14/h1-8,11,13-15,21H,9-10,12H2. The highest BCUT2D eigenvalue weighted by atomic mass is 16.3. The van der Waals surface area contributed by atoms with Crippen molar-refractivity contribution in [2.45, 2.75) is 24.9 Å². The monoisotopic (exact) mass is 277 g/mol. The van der Waals surface area contributed by atoms with Crippen molar-refractivity contribution in [3.8, 4) is 0 Å². The van der Waals surface area contributed by atoms with Gasteiger partial charge < -0.3 is 5.11 Å². The van der Waals surface area contributed by atoms with Crippen LogP contribution in [0.3, 0.4) is 0 Å². The number of benzene rings is 1. The Balaban J connectivity index is 1.89. The minimum absolute atomic E-state index is 0.502. The van der Waals surface area contributed by atoms with Gasteiger partial charge in [0.25, 0.3) is 0 Å². The van der Waals surface area contributed by atoms with Gasteiger partial charge >= 0.3 is 0 Å². The van der Waals surface area contributed by atoms with Gasteiger partial charge in [-0.2, -0.15) is 0 Å². The first-order chi connectivity index (χ1) is 10.3. The van der Waals surface area contributed by atoms with Crippen LogP contribution in [0.2, 0.25) is 0 Å². The van der Waals surface area contributed by atoms with E-state index >= 15 is 0 Å². The number of nitrogens with zero attached hydrogens (tertiary/aromatic N) is 1. The number of pyridine rings is 1. The Bertz CT molecular complexity index is 623. The van der Waals surface area contributed by atoms with E-state index in [4.69, 9.17) is 0 Å². The summed E-state index contributed by atoms with van der Waals surface area (Å²) in [5.74, 6) is 1.14. The zero-order valence-corrected chi connectivity index (χ0v) is 11.9. The molecule has 2 nitrogen and oxygen atoms in total. The highest BCUT2D eigenvalue weighted by Gasteiger charge is 2.46. The first kappa shape index (κ1) is 12.8. The molecule has 2 aliphatic rings. The summed E-state index contributed by atoms with van der Waals surface area (Å²) in [6.07, 6.45) is 7.71. The van der Waals surface area contributed by atoms with E-state index in [-0.39, 0.29) is 0 Å². The van der Waals surface area contributed by atoms with Gasteiger partial charge in [0.15, 0.2) is 5.60 Å². The van der Waals surface area contributed by atoms with Crippen molar-refractivity contribution in [3.05, 3.63) is 77.6 Å². The van der Waals surface area contributed by atoms with Gasteiger partial charge in [0.05, 0.1) is 5.69 Å². The summed E-state index contributed by atoms with van der Waals surface area (Å²) in [5, 5.41) is 11.6. The second kappa shape index (κ2) is 4.81. The van der Waals surface area contributed by atoms with Gasteiger partial charge in [-0.1, -0.05) is 42.5 Å². The van der Waals surface area contributed by atoms with Crippen molar-refractivity contribution >= 4 is 0 Å². The zero-order chi connectivity index (χ0) is 14.3. The molecule has 1 N–H and O–H groups in total. The molecule has 2 aliphatic carbocycles. The Morgan fingerprint density at radius 2 is 1.81 bits per heavy atom. The number of aromatic nitrogens is 1. The fourth-order valence-corrected chi connectivity index (χ4v) is 3.97. The highest BCUT2D eigenvalue weighted by Crippen LogP contribution is 2.52. The number of hydrogen-bond acceptors (Lipinski definition) is 2. The molecule has 3 atom stereocenters. The predicted octanol–water partition coefficient (Wildman–Crippen LogP) is 3.67. The molecule has 0 amide bonds. The van der Waals surface area contributed by atoms with Crippen molar-refractivity contribution in [1.82, 2.24) is 4.98 Å². The maximum atomic E-state index is 11.6. The largest absolute Gasteiger partial charge is 0.375 e. The van der Waals surface area contributed by atoms with Crippen LogP contribution in [0, 0.1) is 11.8 Å². The third-order valence-electron chi connectivity index (χ3n) is 4.97. The van der Waals surface area contributed by atoms with E-state index in [1.54, 1.807) is 6.20 Å². The Morgan fingerprint density at radius 3 is 2.43 bits per heavy atom. The third-order valence-corrected chi connectivity index (χ3v) is 4.97. The van der Waals surface area contributed by atoms with E-state index in [9.17, 15) is 5.11 Å². The van der Waals surface area contributed by atoms with Crippen LogP contribution in [0.4, 0.5) is 0 Å². The molecule has 2 aromatic rings. The molecule has 1 aromatic carbocycles. The van der Waals surface area contributed by atoms with E-state index in [0.717, 1.165) is 16.8 Å². The quantitative estimate of drug-likeness (QED) is 0.868. The Kier molecular flexibility index (Phi) is 2.93. The van der Waals surface area contributed by atoms with Crippen LogP contribution >= 0.6 is 0 Å². The number of rotatable bonds is 3. The van der Waals surface area contributed by atoms with E-state index in [1.165, 1.54) is 19.3 Å². The molecule has 1 saturated carbocycles. The second-order valence-electron chi connectivity index (χ2n) is 6.18. The molecule has 4 rings (SSSR count). The number of aliphatic hydroxyl groups is 1. The molecular formula is C19H19NO. The van der Waals surface area contributed by atoms with Crippen LogP contribution in [0.15, 0.2) is 66.4 Å². The maximum absolute atomic E-state index is 11.6. The highest BCUT2D eigenvalue weighted by molar-refractivity contribution is 5.45. The molecule has 106 valence electrons. The van der Waals surface area contributed by atoms with Crippen LogP contribution in [0.5, 0.6) is 0 Å². The van der Waals surface area contributed by atoms with Crippen LogP contribution < -0.4 is 0 Å². The van der Waals surface area contributed by atoms with Crippen molar-refractivity contribution in [3.63, 3.8) is 0 Å². The fraction of sp³-hybridized carbons (Fsp3) is 0.316. The summed E-state index contributed by atoms with van der Waals surface area (Å²) in [6, 6.07) is 15.7. The van der Waals surface area contributed by atoms with Crippen LogP contribution in [0.1, 0.15) is 30.5 Å². The molecule has 1 aromatic heterocycles. The Labute approximate surface area is 125 Å². The Morgan fingerprint density at radius 1 is 1.00 bits per heavy atom. The average Bonchev–Trinajstić information content (AvgIpc) is 3.19. The van der Waals surface area contributed by atoms with Crippen molar-refractivity contribution < 1.29 is 5.11 Å². The molecule has 0 saturated heterocycles. The summed E-state index contributed by atoms with van der Waals surface area (Å²) in [4.78, 5) is 4.46. The van der Waals surface area contributed by atoms with E-state index in [0.29, 0.717) is 11.8 Å². The molecule has 1 heterocycles. The lowest BCUT2D eigenvalue weighted by Crippen LogP contribution is -2.33. The van der Waals surface area contributed by atoms with Gasteiger partial charge in [-0.25, -0.2) is 0 Å². The number of fused-ring (bicyclic) bond motifs is 2. The maximum Gasteiger partial charge on any atom is 0.153 e. The molecule has 0 spiro atoms. The topological polar surface area (TPSA) is 33.1 Å². The first-order valence-corrected chi connectivity index (χ1v) is 7.70. The van der Waals surface area contributed by atoms with Gasteiger partial charge in [0.1, 0.15) is 0 Å². The van der Waals surface area contributed by atoms with Gasteiger partial charge in [-0.15, -0.1) is 0 Å². The average molecular weight is 277 g/mol. The van der Waals surface area contributed by atoms with Crippen molar-refractivity contribution in [2.75, 3.05) is 0 Å². The number of allylic oxidation sites excluding steroid dienone is 1. The summed E-state index contributed by atoms with van der Waals surface area (Å²) in [6.45, 7) is 0. The molecular weight excluding hydrogens is 258 g/mol. The van der Waals surface area contributed by atoms with Gasteiger partial charge in [-0.3, -0.25) is 4.98 Å². The second-order valence-corrected chi connectivity index (χ2v) is 6.18. The van der Waals surface area contributed by atoms with E-state index < -0.39 is 5.60 Å². The van der Waals surface area contributed by atoms with Gasteiger partial charge in [0, 0.05) is 6.20 Å². The molecule has 21 heavy (non-hydrogen) atoms.